The van der Waals surface area contributed by atoms with Crippen molar-refractivity contribution in [3.8, 4) is 0 Å². The summed E-state index contributed by atoms with van der Waals surface area (Å²) in [5, 5.41) is 8.87. The van der Waals surface area contributed by atoms with E-state index in [0.29, 0.717) is 4.91 Å². The monoisotopic (exact) mass is 322 g/mol. The lowest BCUT2D eigenvalue weighted by molar-refractivity contribution is -0.140. The molecule has 1 N–H and O–H groups in total. The molecule has 0 atom stereocenters. The van der Waals surface area contributed by atoms with Gasteiger partial charge in [0.1, 0.15) is 15.8 Å². The van der Waals surface area contributed by atoms with Crippen molar-refractivity contribution < 1.29 is 14.7 Å². The summed E-state index contributed by atoms with van der Waals surface area (Å²) in [4.78, 5) is 26.7. The second kappa shape index (κ2) is 6.28. The van der Waals surface area contributed by atoms with Crippen LogP contribution in [0.15, 0.2) is 35.2 Å². The highest BCUT2D eigenvalue weighted by Gasteiger charge is 2.36. The van der Waals surface area contributed by atoms with Crippen molar-refractivity contribution in [2.24, 2.45) is 0 Å². The first-order valence-electron chi connectivity index (χ1n) is 6.14. The van der Waals surface area contributed by atoms with Gasteiger partial charge in [-0.3, -0.25) is 14.5 Å². The zero-order valence-electron chi connectivity index (χ0n) is 11.6. The largest absolute Gasteiger partial charge is 0.480 e. The molecule has 1 aliphatic rings. The van der Waals surface area contributed by atoms with Crippen LogP contribution in [0.1, 0.15) is 5.56 Å². The van der Waals surface area contributed by atoms with Gasteiger partial charge in [0.05, 0.1) is 5.70 Å². The van der Waals surface area contributed by atoms with E-state index < -0.39 is 12.5 Å². The zero-order chi connectivity index (χ0) is 15.6. The summed E-state index contributed by atoms with van der Waals surface area (Å²) in [6.07, 6.45) is 0. The van der Waals surface area contributed by atoms with Gasteiger partial charge in [-0.1, -0.05) is 54.3 Å². The zero-order valence-corrected chi connectivity index (χ0v) is 13.2. The fourth-order valence-corrected chi connectivity index (χ4v) is 3.43. The molecule has 1 fully saturated rings. The Morgan fingerprint density at radius 2 is 1.95 bits per heavy atom. The average Bonchev–Trinajstić information content (AvgIpc) is 2.68. The van der Waals surface area contributed by atoms with Crippen LogP contribution in [0.3, 0.4) is 0 Å². The van der Waals surface area contributed by atoms with Crippen molar-refractivity contribution in [3.63, 3.8) is 0 Å². The number of hydrogen-bond acceptors (Lipinski definition) is 5. The van der Waals surface area contributed by atoms with Crippen LogP contribution in [0.2, 0.25) is 0 Å². The number of nitrogens with zero attached hydrogens (tertiary/aromatic N) is 2. The lowest BCUT2D eigenvalue weighted by atomic mass is 10.1. The number of aliphatic carboxylic acids is 1. The lowest BCUT2D eigenvalue weighted by Gasteiger charge is -2.19. The Balaban J connectivity index is 2.48. The van der Waals surface area contributed by atoms with Crippen molar-refractivity contribution >= 4 is 45.9 Å². The highest BCUT2D eigenvalue weighted by molar-refractivity contribution is 8.26. The van der Waals surface area contributed by atoms with Crippen LogP contribution in [0.25, 0.3) is 5.70 Å². The highest BCUT2D eigenvalue weighted by Crippen LogP contribution is 2.37. The number of carbonyl (C=O) groups is 2. The van der Waals surface area contributed by atoms with Crippen LogP contribution < -0.4 is 0 Å². The molecule has 110 valence electrons. The molecule has 7 heteroatoms. The molecular formula is C14H14N2O3S2. The minimum atomic E-state index is -1.08. The van der Waals surface area contributed by atoms with Gasteiger partial charge < -0.3 is 10.0 Å². The van der Waals surface area contributed by atoms with E-state index in [1.807, 2.05) is 49.3 Å². The van der Waals surface area contributed by atoms with E-state index in [-0.39, 0.29) is 10.2 Å². The molecule has 1 amide bonds. The number of hydrogen-bond donors (Lipinski definition) is 1. The Labute approximate surface area is 132 Å². The van der Waals surface area contributed by atoms with Gasteiger partial charge in [-0.25, -0.2) is 0 Å². The maximum absolute atomic E-state index is 12.4. The minimum absolute atomic E-state index is 0.271. The number of rotatable bonds is 4. The van der Waals surface area contributed by atoms with Crippen molar-refractivity contribution in [1.29, 1.82) is 0 Å². The number of thioether (sulfide) groups is 1. The second-order valence-electron chi connectivity index (χ2n) is 4.59. The van der Waals surface area contributed by atoms with Crippen LogP contribution >= 0.6 is 24.0 Å². The van der Waals surface area contributed by atoms with Crippen LogP contribution in [-0.4, -0.2) is 51.7 Å². The summed E-state index contributed by atoms with van der Waals surface area (Å²) < 4.78 is 0.271. The van der Waals surface area contributed by atoms with Crippen molar-refractivity contribution in [2.75, 3.05) is 20.6 Å². The van der Waals surface area contributed by atoms with Gasteiger partial charge in [0.15, 0.2) is 0 Å². The fraction of sp³-hybridized carbons (Fsp3) is 0.214. The summed E-state index contributed by atoms with van der Waals surface area (Å²) in [5.74, 6) is -1.45. The summed E-state index contributed by atoms with van der Waals surface area (Å²) >= 11 is 6.26. The number of carbonyl (C=O) groups excluding carboxylic acids is 1. The van der Waals surface area contributed by atoms with Gasteiger partial charge in [-0.05, 0) is 5.56 Å². The van der Waals surface area contributed by atoms with E-state index in [0.717, 1.165) is 27.9 Å². The molecule has 0 radical (unpaired) electrons. The van der Waals surface area contributed by atoms with Crippen molar-refractivity contribution in [1.82, 2.24) is 9.80 Å². The summed E-state index contributed by atoms with van der Waals surface area (Å²) in [6.45, 7) is -0.413. The van der Waals surface area contributed by atoms with E-state index in [4.69, 9.17) is 17.3 Å². The first-order chi connectivity index (χ1) is 9.91. The van der Waals surface area contributed by atoms with Crippen molar-refractivity contribution in [2.45, 2.75) is 0 Å². The summed E-state index contributed by atoms with van der Waals surface area (Å²) in [5.41, 5.74) is 1.62. The van der Waals surface area contributed by atoms with E-state index in [1.54, 1.807) is 0 Å². The van der Waals surface area contributed by atoms with E-state index in [1.165, 1.54) is 0 Å². The van der Waals surface area contributed by atoms with E-state index in [2.05, 4.69) is 0 Å². The standard InChI is InChI=1S/C14H14N2O3S2/c1-15(2)11(9-6-4-3-5-7-9)12-13(19)16(8-10(17)18)14(20)21-12/h3-7H,8H2,1-2H3,(H,17,18). The van der Waals surface area contributed by atoms with Crippen LogP contribution in [0.4, 0.5) is 0 Å². The molecule has 0 saturated carbocycles. The lowest BCUT2D eigenvalue weighted by Crippen LogP contribution is -2.33. The number of thiocarbonyl (C=S) groups is 1. The SMILES string of the molecule is CN(C)C(=C1SC(=S)N(CC(=O)O)C1=O)c1ccccc1. The highest BCUT2D eigenvalue weighted by atomic mass is 32.2. The van der Waals surface area contributed by atoms with Gasteiger partial charge in [-0.15, -0.1) is 0 Å². The molecule has 0 unspecified atom stereocenters. The molecule has 0 aliphatic carbocycles. The first-order valence-corrected chi connectivity index (χ1v) is 7.36. The van der Waals surface area contributed by atoms with Crippen LogP contribution in [-0.2, 0) is 9.59 Å². The molecule has 2 rings (SSSR count). The Bertz CT molecular complexity index is 626. The topological polar surface area (TPSA) is 60.9 Å². The number of benzene rings is 1. The molecule has 5 nitrogen and oxygen atoms in total. The molecule has 1 heterocycles. The first kappa shape index (κ1) is 15.5. The number of carboxylic acid groups (broad SMARTS) is 1. The van der Waals surface area contributed by atoms with Gasteiger partial charge in [0, 0.05) is 14.1 Å². The molecule has 21 heavy (non-hydrogen) atoms. The van der Waals surface area contributed by atoms with Gasteiger partial charge in [0.25, 0.3) is 5.91 Å². The Morgan fingerprint density at radius 1 is 1.33 bits per heavy atom. The predicted octanol–water partition coefficient (Wildman–Crippen LogP) is 1.86. The fourth-order valence-electron chi connectivity index (χ4n) is 2.00. The van der Waals surface area contributed by atoms with Crippen LogP contribution in [0.5, 0.6) is 0 Å². The maximum Gasteiger partial charge on any atom is 0.323 e. The Kier molecular flexibility index (Phi) is 4.64. The molecular weight excluding hydrogens is 308 g/mol. The number of amides is 1. The quantitative estimate of drug-likeness (QED) is 0.674. The van der Waals surface area contributed by atoms with Gasteiger partial charge in [0.2, 0.25) is 0 Å². The molecule has 0 aromatic heterocycles. The van der Waals surface area contributed by atoms with Crippen molar-refractivity contribution in [3.05, 3.63) is 40.8 Å². The van der Waals surface area contributed by atoms with Gasteiger partial charge >= 0.3 is 5.97 Å². The average molecular weight is 322 g/mol. The molecule has 1 saturated heterocycles. The molecule has 0 bridgehead atoms. The third-order valence-corrected chi connectivity index (χ3v) is 4.29. The molecule has 1 aromatic carbocycles. The maximum atomic E-state index is 12.4. The van der Waals surface area contributed by atoms with Crippen LogP contribution in [0, 0.1) is 0 Å². The van der Waals surface area contributed by atoms with E-state index in [9.17, 15) is 9.59 Å². The van der Waals surface area contributed by atoms with E-state index >= 15 is 0 Å². The smallest absolute Gasteiger partial charge is 0.323 e. The summed E-state index contributed by atoms with van der Waals surface area (Å²) in [6, 6.07) is 9.47. The third-order valence-electron chi connectivity index (χ3n) is 2.85. The second-order valence-corrected chi connectivity index (χ2v) is 6.24. The molecule has 1 aromatic rings. The normalized spacial score (nSPS) is 17.1. The third kappa shape index (κ3) is 3.25. The summed E-state index contributed by atoms with van der Waals surface area (Å²) in [7, 11) is 3.68. The van der Waals surface area contributed by atoms with Gasteiger partial charge in [-0.2, -0.15) is 0 Å². The number of carboxylic acids is 1. The Morgan fingerprint density at radius 3 is 2.48 bits per heavy atom. The molecule has 0 spiro atoms. The Hall–Kier alpha value is -1.86. The minimum Gasteiger partial charge on any atom is -0.480 e. The molecule has 1 aliphatic heterocycles. The predicted molar refractivity (Wildman–Crippen MR) is 86.6 cm³/mol.